The van der Waals surface area contributed by atoms with Crippen LogP contribution < -0.4 is 20.1 Å². The van der Waals surface area contributed by atoms with Crippen molar-refractivity contribution in [2.24, 2.45) is 0 Å². The highest BCUT2D eigenvalue weighted by atomic mass is 16.5. The number of hydrogen-bond donors (Lipinski definition) is 2. The fourth-order valence-corrected chi connectivity index (χ4v) is 4.82. The van der Waals surface area contributed by atoms with E-state index in [4.69, 9.17) is 14.2 Å². The number of imide groups is 1. The molecule has 2 aromatic rings. The monoisotopic (exact) mass is 495 g/mol. The first-order chi connectivity index (χ1) is 17.4. The normalized spacial score (nSPS) is 19.1. The molecule has 2 aliphatic heterocycles. The van der Waals surface area contributed by atoms with Crippen LogP contribution in [0.2, 0.25) is 0 Å². The van der Waals surface area contributed by atoms with Gasteiger partial charge in [0.25, 0.3) is 5.91 Å². The van der Waals surface area contributed by atoms with Gasteiger partial charge in [-0.1, -0.05) is 24.3 Å². The molecule has 2 aliphatic rings. The number of amides is 4. The summed E-state index contributed by atoms with van der Waals surface area (Å²) in [7, 11) is 3.21. The molecule has 0 spiro atoms. The Bertz CT molecular complexity index is 1080. The maximum atomic E-state index is 13.2. The summed E-state index contributed by atoms with van der Waals surface area (Å²) in [5, 5.41) is 5.62. The van der Waals surface area contributed by atoms with Crippen LogP contribution in [0.4, 0.5) is 4.79 Å². The number of nitrogens with one attached hydrogen (secondary N) is 2. The van der Waals surface area contributed by atoms with Crippen LogP contribution >= 0.6 is 0 Å². The lowest BCUT2D eigenvalue weighted by atomic mass is 9.73. The molecule has 0 aliphatic carbocycles. The van der Waals surface area contributed by atoms with Crippen LogP contribution in [0, 0.1) is 0 Å². The lowest BCUT2D eigenvalue weighted by Crippen LogP contribution is -2.47. The predicted molar refractivity (Wildman–Crippen MR) is 133 cm³/mol. The zero-order valence-electron chi connectivity index (χ0n) is 20.7. The number of methoxy groups -OCH3 is 2. The quantitative estimate of drug-likeness (QED) is 0.491. The van der Waals surface area contributed by atoms with Gasteiger partial charge in [-0.25, -0.2) is 4.79 Å². The number of nitrogens with zero attached hydrogens (tertiary/aromatic N) is 1. The molecule has 2 saturated heterocycles. The van der Waals surface area contributed by atoms with Crippen LogP contribution in [0.1, 0.15) is 36.8 Å². The van der Waals surface area contributed by atoms with Crippen molar-refractivity contribution >= 4 is 17.8 Å². The molecule has 1 atom stereocenters. The summed E-state index contributed by atoms with van der Waals surface area (Å²) in [6.45, 7) is 1.75. The standard InChI is InChI=1S/C27H33N3O6/c1-34-21-8-6-20(7-9-21)27(12-14-36-15-13-27)18-30-25(32)23(29-26(30)33)10-11-24(31)28-17-19-4-3-5-22(16-19)35-2/h3-9,16,23H,10-15,17-18H2,1-2H3,(H,28,31)(H,29,33)/t23-/m0/s1. The Morgan fingerprint density at radius 1 is 1.08 bits per heavy atom. The highest BCUT2D eigenvalue weighted by Crippen LogP contribution is 2.37. The Kier molecular flexibility index (Phi) is 8.10. The maximum Gasteiger partial charge on any atom is 0.324 e. The minimum absolute atomic E-state index is 0.131. The van der Waals surface area contributed by atoms with Crippen molar-refractivity contribution in [1.82, 2.24) is 15.5 Å². The lowest BCUT2D eigenvalue weighted by molar-refractivity contribution is -0.129. The van der Waals surface area contributed by atoms with Crippen molar-refractivity contribution in [3.63, 3.8) is 0 Å². The molecule has 192 valence electrons. The van der Waals surface area contributed by atoms with Crippen LogP contribution in [0.15, 0.2) is 48.5 Å². The van der Waals surface area contributed by atoms with Crippen molar-refractivity contribution in [2.45, 2.75) is 43.7 Å². The first-order valence-corrected chi connectivity index (χ1v) is 12.2. The van der Waals surface area contributed by atoms with E-state index in [9.17, 15) is 14.4 Å². The summed E-state index contributed by atoms with van der Waals surface area (Å²) in [4.78, 5) is 39.7. The molecule has 4 amide bonds. The Hall–Kier alpha value is -3.59. The molecule has 0 bridgehead atoms. The fraction of sp³-hybridized carbons (Fsp3) is 0.444. The van der Waals surface area contributed by atoms with Crippen LogP contribution in [-0.4, -0.2) is 62.8 Å². The molecule has 0 radical (unpaired) electrons. The third-order valence-electron chi connectivity index (χ3n) is 7.00. The summed E-state index contributed by atoms with van der Waals surface area (Å²) in [5.74, 6) is 0.996. The van der Waals surface area contributed by atoms with Gasteiger partial charge in [-0.3, -0.25) is 14.5 Å². The predicted octanol–water partition coefficient (Wildman–Crippen LogP) is 2.77. The Balaban J connectivity index is 1.35. The first-order valence-electron chi connectivity index (χ1n) is 12.2. The molecule has 2 N–H and O–H groups in total. The second-order valence-corrected chi connectivity index (χ2v) is 9.21. The Morgan fingerprint density at radius 3 is 2.50 bits per heavy atom. The smallest absolute Gasteiger partial charge is 0.324 e. The molecule has 2 heterocycles. The van der Waals surface area contributed by atoms with Gasteiger partial charge < -0.3 is 24.8 Å². The van der Waals surface area contributed by atoms with E-state index < -0.39 is 12.1 Å². The number of hydrogen-bond acceptors (Lipinski definition) is 6. The van der Waals surface area contributed by atoms with Gasteiger partial charge in [0.15, 0.2) is 0 Å². The summed E-state index contributed by atoms with van der Waals surface area (Å²) in [6.07, 6.45) is 1.77. The fourth-order valence-electron chi connectivity index (χ4n) is 4.82. The minimum atomic E-state index is -0.715. The summed E-state index contributed by atoms with van der Waals surface area (Å²) in [6, 6.07) is 14.1. The van der Waals surface area contributed by atoms with E-state index >= 15 is 0 Å². The maximum absolute atomic E-state index is 13.2. The summed E-state index contributed by atoms with van der Waals surface area (Å²) >= 11 is 0. The van der Waals surface area contributed by atoms with Gasteiger partial charge in [-0.05, 0) is 54.7 Å². The van der Waals surface area contributed by atoms with Crippen molar-refractivity contribution in [3.05, 3.63) is 59.7 Å². The van der Waals surface area contributed by atoms with Gasteiger partial charge in [-0.2, -0.15) is 0 Å². The van der Waals surface area contributed by atoms with Crippen molar-refractivity contribution < 1.29 is 28.6 Å². The second kappa shape index (κ2) is 11.4. The van der Waals surface area contributed by atoms with Crippen molar-refractivity contribution in [1.29, 1.82) is 0 Å². The van der Waals surface area contributed by atoms with E-state index in [1.807, 2.05) is 48.5 Å². The van der Waals surface area contributed by atoms with E-state index in [1.54, 1.807) is 14.2 Å². The molecule has 9 heteroatoms. The molecule has 36 heavy (non-hydrogen) atoms. The largest absolute Gasteiger partial charge is 0.497 e. The van der Waals surface area contributed by atoms with E-state index in [-0.39, 0.29) is 36.6 Å². The number of carbonyl (C=O) groups excluding carboxylic acids is 3. The molecule has 2 fully saturated rings. The molecule has 0 saturated carbocycles. The number of carbonyl (C=O) groups is 3. The van der Waals surface area contributed by atoms with Gasteiger partial charge in [0.05, 0.1) is 14.2 Å². The zero-order chi connectivity index (χ0) is 25.5. The van der Waals surface area contributed by atoms with E-state index in [2.05, 4.69) is 10.6 Å². The van der Waals surface area contributed by atoms with Crippen LogP contribution in [-0.2, 0) is 26.3 Å². The Labute approximate surface area is 211 Å². The minimum Gasteiger partial charge on any atom is -0.497 e. The van der Waals surface area contributed by atoms with Gasteiger partial charge in [0.2, 0.25) is 5.91 Å². The second-order valence-electron chi connectivity index (χ2n) is 9.21. The van der Waals surface area contributed by atoms with Crippen LogP contribution in [0.5, 0.6) is 11.5 Å². The number of urea groups is 1. The lowest BCUT2D eigenvalue weighted by Gasteiger charge is -2.39. The number of rotatable bonds is 10. The average Bonchev–Trinajstić information content (AvgIpc) is 3.18. The zero-order valence-corrected chi connectivity index (χ0v) is 20.7. The number of benzene rings is 2. The SMILES string of the molecule is COc1ccc(C2(CN3C(=O)N[C@@H](CCC(=O)NCc4cccc(OC)c4)C3=O)CCOCC2)cc1. The molecule has 0 aromatic heterocycles. The van der Waals surface area contributed by atoms with Gasteiger partial charge >= 0.3 is 6.03 Å². The topological polar surface area (TPSA) is 106 Å². The molecule has 4 rings (SSSR count). The number of ether oxygens (including phenoxy) is 3. The molecular formula is C27H33N3O6. The van der Waals surface area contributed by atoms with Crippen molar-refractivity contribution in [2.75, 3.05) is 34.0 Å². The summed E-state index contributed by atoms with van der Waals surface area (Å²) in [5.41, 5.74) is 1.58. The van der Waals surface area contributed by atoms with Crippen LogP contribution in [0.25, 0.3) is 0 Å². The highest BCUT2D eigenvalue weighted by molar-refractivity contribution is 6.04. The molecule has 9 nitrogen and oxygen atoms in total. The molecule has 0 unspecified atom stereocenters. The van der Waals surface area contributed by atoms with Crippen LogP contribution in [0.3, 0.4) is 0 Å². The summed E-state index contributed by atoms with van der Waals surface area (Å²) < 4.78 is 16.1. The molecular weight excluding hydrogens is 462 g/mol. The Morgan fingerprint density at radius 2 is 1.81 bits per heavy atom. The van der Waals surface area contributed by atoms with E-state index in [0.717, 1.165) is 22.6 Å². The van der Waals surface area contributed by atoms with E-state index in [0.29, 0.717) is 32.6 Å². The van der Waals surface area contributed by atoms with Crippen molar-refractivity contribution in [3.8, 4) is 11.5 Å². The van der Waals surface area contributed by atoms with Gasteiger partial charge in [-0.15, -0.1) is 0 Å². The third kappa shape index (κ3) is 5.79. The average molecular weight is 496 g/mol. The highest BCUT2D eigenvalue weighted by Gasteiger charge is 2.44. The molecule has 2 aromatic carbocycles. The van der Waals surface area contributed by atoms with Gasteiger partial charge in [0, 0.05) is 38.1 Å². The third-order valence-corrected chi connectivity index (χ3v) is 7.00. The van der Waals surface area contributed by atoms with Gasteiger partial charge in [0.1, 0.15) is 17.5 Å². The first kappa shape index (κ1) is 25.5. The van der Waals surface area contributed by atoms with E-state index in [1.165, 1.54) is 4.90 Å².